The van der Waals surface area contributed by atoms with Gasteiger partial charge in [-0.15, -0.1) is 0 Å². The van der Waals surface area contributed by atoms with Crippen molar-refractivity contribution >= 4 is 11.9 Å². The predicted octanol–water partition coefficient (Wildman–Crippen LogP) is 1.48. The van der Waals surface area contributed by atoms with Gasteiger partial charge in [-0.3, -0.25) is 9.59 Å². The summed E-state index contributed by atoms with van der Waals surface area (Å²) >= 11 is 0. The number of amides is 1. The van der Waals surface area contributed by atoms with Crippen LogP contribution in [0.3, 0.4) is 0 Å². The van der Waals surface area contributed by atoms with Crippen LogP contribution in [-0.4, -0.2) is 42.6 Å². The van der Waals surface area contributed by atoms with E-state index in [0.29, 0.717) is 18.7 Å². The molecule has 0 bridgehead atoms. The predicted molar refractivity (Wildman–Crippen MR) is 69.1 cm³/mol. The van der Waals surface area contributed by atoms with Crippen LogP contribution in [0.1, 0.15) is 17.9 Å². The highest BCUT2D eigenvalue weighted by Crippen LogP contribution is 2.35. The summed E-state index contributed by atoms with van der Waals surface area (Å²) in [4.78, 5) is 25.0. The topological polar surface area (TPSA) is 66.8 Å². The second kappa shape index (κ2) is 5.48. The Morgan fingerprint density at radius 2 is 2.20 bits per heavy atom. The lowest BCUT2D eigenvalue weighted by atomic mass is 9.80. The van der Waals surface area contributed by atoms with Gasteiger partial charge >= 0.3 is 5.97 Å². The number of hydrogen-bond acceptors (Lipinski definition) is 3. The van der Waals surface area contributed by atoms with Gasteiger partial charge in [0, 0.05) is 25.2 Å². The van der Waals surface area contributed by atoms with Gasteiger partial charge in [-0.25, -0.2) is 4.39 Å². The van der Waals surface area contributed by atoms with E-state index in [4.69, 9.17) is 4.74 Å². The number of carboxylic acid groups (broad SMARTS) is 1. The Kier molecular flexibility index (Phi) is 3.92. The van der Waals surface area contributed by atoms with Crippen molar-refractivity contribution in [3.8, 4) is 5.75 Å². The first-order valence-electron chi connectivity index (χ1n) is 6.27. The van der Waals surface area contributed by atoms with Crippen molar-refractivity contribution in [1.29, 1.82) is 0 Å². The number of hydrogen-bond donors (Lipinski definition) is 1. The first kappa shape index (κ1) is 14.3. The summed E-state index contributed by atoms with van der Waals surface area (Å²) in [5.41, 5.74) is 0.106. The molecule has 1 fully saturated rings. The third-order valence-electron chi connectivity index (χ3n) is 3.68. The fourth-order valence-electron chi connectivity index (χ4n) is 2.52. The van der Waals surface area contributed by atoms with E-state index in [-0.39, 0.29) is 11.5 Å². The number of likely N-dealkylation sites (N-methyl/N-ethyl adjacent to an activating group) is 1. The molecule has 1 saturated heterocycles. The number of ether oxygens (including phenoxy) is 1. The molecule has 1 aliphatic rings. The highest BCUT2D eigenvalue weighted by atomic mass is 19.1. The second-order valence-electron chi connectivity index (χ2n) is 4.86. The minimum atomic E-state index is -1.08. The molecule has 1 amide bonds. The molecule has 2 atom stereocenters. The molecule has 0 radical (unpaired) electrons. The number of nitrogens with zero attached hydrogens (tertiary/aromatic N) is 1. The molecule has 2 unspecified atom stereocenters. The van der Waals surface area contributed by atoms with E-state index >= 15 is 0 Å². The molecule has 0 aliphatic carbocycles. The number of likely N-dealkylation sites (tertiary alicyclic amines) is 1. The van der Waals surface area contributed by atoms with Gasteiger partial charge in [-0.1, -0.05) is 6.07 Å². The van der Waals surface area contributed by atoms with Crippen molar-refractivity contribution < 1.29 is 23.8 Å². The van der Waals surface area contributed by atoms with Crippen LogP contribution in [0.15, 0.2) is 18.2 Å². The number of carbonyl (C=O) groups excluding carboxylic acids is 1. The van der Waals surface area contributed by atoms with Gasteiger partial charge in [0.25, 0.3) is 0 Å². The number of piperidine rings is 1. The molecular weight excluding hydrogens is 265 g/mol. The molecule has 0 saturated carbocycles. The van der Waals surface area contributed by atoms with E-state index in [1.165, 1.54) is 24.1 Å². The number of halogens is 1. The third-order valence-corrected chi connectivity index (χ3v) is 3.68. The normalized spacial score (nSPS) is 22.8. The Balaban J connectivity index is 2.44. The van der Waals surface area contributed by atoms with E-state index in [2.05, 4.69) is 0 Å². The maximum atomic E-state index is 14.1. The zero-order valence-corrected chi connectivity index (χ0v) is 11.3. The molecule has 108 valence electrons. The summed E-state index contributed by atoms with van der Waals surface area (Å²) in [5.74, 6) is -3.63. The Bertz CT molecular complexity index is 546. The molecule has 1 aliphatic heterocycles. The molecule has 1 aromatic carbocycles. The van der Waals surface area contributed by atoms with Crippen LogP contribution < -0.4 is 4.74 Å². The van der Waals surface area contributed by atoms with Gasteiger partial charge < -0.3 is 14.7 Å². The van der Waals surface area contributed by atoms with Crippen molar-refractivity contribution in [3.63, 3.8) is 0 Å². The van der Waals surface area contributed by atoms with Crippen molar-refractivity contribution in [2.75, 3.05) is 20.7 Å². The standard InChI is InChI=1S/C14H16FNO4/c1-16-6-5-10(14(18)19)12(13(16)17)9-4-3-8(20-2)7-11(9)15/h3-4,7,10,12H,5-6H2,1-2H3,(H,18,19). The van der Waals surface area contributed by atoms with Crippen molar-refractivity contribution in [3.05, 3.63) is 29.6 Å². The minimum Gasteiger partial charge on any atom is -0.497 e. The molecule has 5 nitrogen and oxygen atoms in total. The largest absolute Gasteiger partial charge is 0.497 e. The molecule has 6 heteroatoms. The quantitative estimate of drug-likeness (QED) is 0.911. The van der Waals surface area contributed by atoms with Crippen molar-refractivity contribution in [2.45, 2.75) is 12.3 Å². The van der Waals surface area contributed by atoms with Crippen molar-refractivity contribution in [1.82, 2.24) is 4.90 Å². The van der Waals surface area contributed by atoms with E-state index in [0.717, 1.165) is 6.07 Å². The highest BCUT2D eigenvalue weighted by Gasteiger charge is 2.41. The number of methoxy groups -OCH3 is 1. The molecule has 1 N–H and O–H groups in total. The second-order valence-corrected chi connectivity index (χ2v) is 4.86. The molecule has 2 rings (SSSR count). The lowest BCUT2D eigenvalue weighted by Gasteiger charge is -2.34. The molecule has 20 heavy (non-hydrogen) atoms. The Hall–Kier alpha value is -2.11. The summed E-state index contributed by atoms with van der Waals surface area (Å²) in [6.07, 6.45) is 0.313. The number of rotatable bonds is 3. The van der Waals surface area contributed by atoms with Crippen LogP contribution >= 0.6 is 0 Å². The Labute approximate surface area is 116 Å². The monoisotopic (exact) mass is 281 g/mol. The number of carboxylic acids is 1. The molecule has 1 heterocycles. The first-order valence-corrected chi connectivity index (χ1v) is 6.27. The van der Waals surface area contributed by atoms with E-state index < -0.39 is 23.6 Å². The van der Waals surface area contributed by atoms with Crippen LogP contribution in [0.4, 0.5) is 4.39 Å². The van der Waals surface area contributed by atoms with Crippen LogP contribution in [0.2, 0.25) is 0 Å². The Morgan fingerprint density at radius 3 is 2.75 bits per heavy atom. The van der Waals surface area contributed by atoms with Crippen LogP contribution in [0.25, 0.3) is 0 Å². The summed E-state index contributed by atoms with van der Waals surface area (Å²) in [6.45, 7) is 0.365. The fourth-order valence-corrected chi connectivity index (χ4v) is 2.52. The van der Waals surface area contributed by atoms with Gasteiger partial charge in [0.15, 0.2) is 0 Å². The maximum Gasteiger partial charge on any atom is 0.307 e. The van der Waals surface area contributed by atoms with Gasteiger partial charge in [-0.05, 0) is 12.5 Å². The summed E-state index contributed by atoms with van der Waals surface area (Å²) in [6, 6.07) is 4.11. The number of carbonyl (C=O) groups is 2. The van der Waals surface area contributed by atoms with Gasteiger partial charge in [0.05, 0.1) is 18.9 Å². The van der Waals surface area contributed by atoms with E-state index in [9.17, 15) is 19.1 Å². The minimum absolute atomic E-state index is 0.106. The summed E-state index contributed by atoms with van der Waals surface area (Å²) in [7, 11) is 3.00. The molecule has 0 aromatic heterocycles. The molecular formula is C14H16FNO4. The van der Waals surface area contributed by atoms with Gasteiger partial charge in [0.2, 0.25) is 5.91 Å². The van der Waals surface area contributed by atoms with Crippen LogP contribution in [0.5, 0.6) is 5.75 Å². The van der Waals surface area contributed by atoms with Crippen LogP contribution in [-0.2, 0) is 9.59 Å². The summed E-state index contributed by atoms with van der Waals surface area (Å²) in [5, 5.41) is 9.25. The first-order chi connectivity index (χ1) is 9.45. The van der Waals surface area contributed by atoms with Gasteiger partial charge in [0.1, 0.15) is 11.6 Å². The smallest absolute Gasteiger partial charge is 0.307 e. The van der Waals surface area contributed by atoms with Crippen LogP contribution in [0, 0.1) is 11.7 Å². The van der Waals surface area contributed by atoms with Crippen molar-refractivity contribution in [2.24, 2.45) is 5.92 Å². The Morgan fingerprint density at radius 1 is 1.50 bits per heavy atom. The number of aliphatic carboxylic acids is 1. The lowest BCUT2D eigenvalue weighted by molar-refractivity contribution is -0.150. The summed E-state index contributed by atoms with van der Waals surface area (Å²) < 4.78 is 19.0. The molecule has 0 spiro atoms. The van der Waals surface area contributed by atoms with Gasteiger partial charge in [-0.2, -0.15) is 0 Å². The average molecular weight is 281 g/mol. The highest BCUT2D eigenvalue weighted by molar-refractivity contribution is 5.90. The SMILES string of the molecule is COc1ccc(C2C(=O)N(C)CCC2C(=O)O)c(F)c1. The third kappa shape index (κ3) is 2.45. The lowest BCUT2D eigenvalue weighted by Crippen LogP contribution is -2.44. The number of benzene rings is 1. The van der Waals surface area contributed by atoms with E-state index in [1.807, 2.05) is 0 Å². The average Bonchev–Trinajstić information content (AvgIpc) is 2.41. The molecule has 1 aromatic rings. The zero-order chi connectivity index (χ0) is 14.9. The van der Waals surface area contributed by atoms with E-state index in [1.54, 1.807) is 7.05 Å². The maximum absolute atomic E-state index is 14.1. The zero-order valence-electron chi connectivity index (χ0n) is 11.3. The fraction of sp³-hybridized carbons (Fsp3) is 0.429.